The smallest absolute Gasteiger partial charge is 0.305 e. The lowest BCUT2D eigenvalue weighted by Gasteiger charge is -2.42. The van der Waals surface area contributed by atoms with Crippen molar-refractivity contribution in [2.75, 3.05) is 6.54 Å². The minimum atomic E-state index is -1.22. The summed E-state index contributed by atoms with van der Waals surface area (Å²) >= 11 is 0. The van der Waals surface area contributed by atoms with Crippen molar-refractivity contribution >= 4 is 40.7 Å². The molecule has 0 bridgehead atoms. The van der Waals surface area contributed by atoms with E-state index in [4.69, 9.17) is 5.11 Å². The second kappa shape index (κ2) is 10.2. The van der Waals surface area contributed by atoms with Gasteiger partial charge < -0.3 is 25.4 Å². The number of carbonyl (C=O) groups is 5. The summed E-state index contributed by atoms with van der Waals surface area (Å²) in [4.78, 5) is 66.1. The molecule has 1 aliphatic rings. The summed E-state index contributed by atoms with van der Waals surface area (Å²) in [6.07, 6.45) is 1.71. The summed E-state index contributed by atoms with van der Waals surface area (Å²) in [5.41, 5.74) is 0.201. The summed E-state index contributed by atoms with van der Waals surface area (Å²) in [6, 6.07) is 6.18. The van der Waals surface area contributed by atoms with E-state index in [1.807, 2.05) is 12.1 Å². The molecule has 1 aromatic heterocycles. The van der Waals surface area contributed by atoms with Crippen LogP contribution in [0.25, 0.3) is 10.8 Å². The average molecular weight is 454 g/mol. The zero-order valence-electron chi connectivity index (χ0n) is 18.4. The fourth-order valence-electron chi connectivity index (χ4n) is 3.73. The maximum Gasteiger partial charge on any atom is 0.305 e. The molecule has 1 aliphatic heterocycles. The summed E-state index contributed by atoms with van der Waals surface area (Å²) in [5, 5.41) is 15.5. The first kappa shape index (κ1) is 23.8. The highest BCUT2D eigenvalue weighted by atomic mass is 16.4. The van der Waals surface area contributed by atoms with E-state index in [1.54, 1.807) is 32.0 Å². The van der Waals surface area contributed by atoms with Crippen LogP contribution in [0.5, 0.6) is 0 Å². The van der Waals surface area contributed by atoms with E-state index in [2.05, 4.69) is 15.6 Å². The number of carboxylic acids is 1. The number of benzene rings is 1. The Hall–Kier alpha value is -3.82. The monoisotopic (exact) mass is 454 g/mol. The van der Waals surface area contributed by atoms with Gasteiger partial charge in [0.25, 0.3) is 5.91 Å². The molecule has 10 heteroatoms. The standard InChI is InChI=1S/C23H26N4O6/c1-13(2)19(26-22(32)20-16-6-4-3-5-14(16)7-9-24-20)23(33)27-10-8-17(27)21(31)25-15(12-28)11-18(29)30/h3-7,9,12-13,15,17,19H,8,10-11H2,1-2H3,(H,25,31)(H,26,32)(H,29,30)/t15-,17-,19-/m0/s1. The molecule has 3 atom stereocenters. The van der Waals surface area contributed by atoms with Crippen LogP contribution in [-0.4, -0.2) is 69.6 Å². The minimum absolute atomic E-state index is 0.201. The first-order valence-corrected chi connectivity index (χ1v) is 10.7. The van der Waals surface area contributed by atoms with Gasteiger partial charge >= 0.3 is 5.97 Å². The number of aldehydes is 1. The van der Waals surface area contributed by atoms with E-state index in [0.717, 1.165) is 5.39 Å². The summed E-state index contributed by atoms with van der Waals surface area (Å²) in [5.74, 6) is -3.01. The van der Waals surface area contributed by atoms with E-state index in [1.165, 1.54) is 11.1 Å². The van der Waals surface area contributed by atoms with Gasteiger partial charge in [0, 0.05) is 18.1 Å². The number of aliphatic carboxylic acids is 1. The normalized spacial score (nSPS) is 17.1. The van der Waals surface area contributed by atoms with Gasteiger partial charge in [0.2, 0.25) is 11.8 Å². The highest BCUT2D eigenvalue weighted by molar-refractivity contribution is 6.06. The molecule has 3 N–H and O–H groups in total. The fraction of sp³-hybridized carbons (Fsp3) is 0.391. The molecular formula is C23H26N4O6. The van der Waals surface area contributed by atoms with Crippen LogP contribution in [-0.2, 0) is 19.2 Å². The number of hydrogen-bond acceptors (Lipinski definition) is 6. The van der Waals surface area contributed by atoms with Gasteiger partial charge in [-0.05, 0) is 23.8 Å². The Kier molecular flexibility index (Phi) is 7.37. The number of carboxylic acid groups (broad SMARTS) is 1. The highest BCUT2D eigenvalue weighted by Crippen LogP contribution is 2.22. The molecule has 0 unspecified atom stereocenters. The molecule has 10 nitrogen and oxygen atoms in total. The van der Waals surface area contributed by atoms with E-state index in [0.29, 0.717) is 24.6 Å². The molecule has 0 radical (unpaired) electrons. The molecule has 2 heterocycles. The summed E-state index contributed by atoms with van der Waals surface area (Å²) in [6.45, 7) is 3.88. The first-order valence-electron chi connectivity index (χ1n) is 10.7. The molecule has 174 valence electrons. The molecule has 2 aromatic rings. The van der Waals surface area contributed by atoms with Crippen LogP contribution >= 0.6 is 0 Å². The van der Waals surface area contributed by atoms with Gasteiger partial charge in [-0.15, -0.1) is 0 Å². The van der Waals surface area contributed by atoms with Crippen molar-refractivity contribution in [1.29, 1.82) is 0 Å². The van der Waals surface area contributed by atoms with Crippen molar-refractivity contribution in [3.05, 3.63) is 42.2 Å². The SMILES string of the molecule is CC(C)[C@H](NC(=O)c1nccc2ccccc12)C(=O)N1CC[C@H]1C(=O)N[C@H](C=O)CC(=O)O. The van der Waals surface area contributed by atoms with Crippen LogP contribution in [0.15, 0.2) is 36.5 Å². The number of likely N-dealkylation sites (tertiary alicyclic amines) is 1. The first-order chi connectivity index (χ1) is 15.7. The van der Waals surface area contributed by atoms with Gasteiger partial charge in [-0.25, -0.2) is 0 Å². The maximum absolute atomic E-state index is 13.2. The Morgan fingerprint density at radius 2 is 1.91 bits per heavy atom. The van der Waals surface area contributed by atoms with Crippen LogP contribution in [0.3, 0.4) is 0 Å². The minimum Gasteiger partial charge on any atom is -0.481 e. The second-order valence-corrected chi connectivity index (χ2v) is 8.26. The number of pyridine rings is 1. The van der Waals surface area contributed by atoms with Crippen LogP contribution < -0.4 is 10.6 Å². The van der Waals surface area contributed by atoms with Gasteiger partial charge in [0.15, 0.2) is 0 Å². The third kappa shape index (κ3) is 5.33. The number of hydrogen-bond donors (Lipinski definition) is 3. The van der Waals surface area contributed by atoms with Gasteiger partial charge in [-0.2, -0.15) is 0 Å². The van der Waals surface area contributed by atoms with E-state index in [-0.39, 0.29) is 11.6 Å². The highest BCUT2D eigenvalue weighted by Gasteiger charge is 2.42. The summed E-state index contributed by atoms with van der Waals surface area (Å²) < 4.78 is 0. The van der Waals surface area contributed by atoms with E-state index >= 15 is 0 Å². The number of rotatable bonds is 9. The van der Waals surface area contributed by atoms with Crippen LogP contribution in [0.2, 0.25) is 0 Å². The molecule has 0 aliphatic carbocycles. The van der Waals surface area contributed by atoms with Gasteiger partial charge in [0.05, 0.1) is 12.5 Å². The maximum atomic E-state index is 13.2. The number of fused-ring (bicyclic) bond motifs is 1. The molecule has 1 saturated heterocycles. The van der Waals surface area contributed by atoms with E-state index in [9.17, 15) is 24.0 Å². The third-order valence-electron chi connectivity index (χ3n) is 5.60. The molecule has 3 rings (SSSR count). The largest absolute Gasteiger partial charge is 0.481 e. The molecule has 33 heavy (non-hydrogen) atoms. The summed E-state index contributed by atoms with van der Waals surface area (Å²) in [7, 11) is 0. The Labute approximate surface area is 190 Å². The van der Waals surface area contributed by atoms with Gasteiger partial charge in [-0.3, -0.25) is 24.2 Å². The lowest BCUT2D eigenvalue weighted by atomic mass is 9.95. The molecule has 3 amide bonds. The van der Waals surface area contributed by atoms with Gasteiger partial charge in [0.1, 0.15) is 24.1 Å². The number of amides is 3. The number of nitrogens with zero attached hydrogens (tertiary/aromatic N) is 2. The van der Waals surface area contributed by atoms with Crippen LogP contribution in [0.4, 0.5) is 0 Å². The van der Waals surface area contributed by atoms with Crippen molar-refractivity contribution in [2.45, 2.75) is 44.8 Å². The molecule has 1 fully saturated rings. The quantitative estimate of drug-likeness (QED) is 0.474. The predicted octanol–water partition coefficient (Wildman–Crippen LogP) is 0.749. The Morgan fingerprint density at radius 1 is 1.18 bits per heavy atom. The molecule has 0 saturated carbocycles. The van der Waals surface area contributed by atoms with E-state index < -0.39 is 48.2 Å². The second-order valence-electron chi connectivity index (χ2n) is 8.26. The Balaban J connectivity index is 1.72. The molecule has 0 spiro atoms. The molecular weight excluding hydrogens is 428 g/mol. The van der Waals surface area contributed by atoms with Crippen molar-refractivity contribution in [3.8, 4) is 0 Å². The lowest BCUT2D eigenvalue weighted by molar-refractivity contribution is -0.150. The zero-order chi connectivity index (χ0) is 24.1. The number of nitrogens with one attached hydrogen (secondary N) is 2. The van der Waals surface area contributed by atoms with Crippen molar-refractivity contribution in [3.63, 3.8) is 0 Å². The van der Waals surface area contributed by atoms with Crippen molar-refractivity contribution in [2.24, 2.45) is 5.92 Å². The Morgan fingerprint density at radius 3 is 2.52 bits per heavy atom. The molecule has 1 aromatic carbocycles. The van der Waals surface area contributed by atoms with Crippen molar-refractivity contribution in [1.82, 2.24) is 20.5 Å². The number of aromatic nitrogens is 1. The predicted molar refractivity (Wildman–Crippen MR) is 118 cm³/mol. The number of carbonyl (C=O) groups excluding carboxylic acids is 4. The topological polar surface area (TPSA) is 146 Å². The average Bonchev–Trinajstić information content (AvgIpc) is 2.74. The lowest BCUT2D eigenvalue weighted by Crippen LogP contribution is -2.64. The van der Waals surface area contributed by atoms with Crippen molar-refractivity contribution < 1.29 is 29.1 Å². The third-order valence-corrected chi connectivity index (χ3v) is 5.60. The Bertz CT molecular complexity index is 1080. The van der Waals surface area contributed by atoms with Crippen LogP contribution in [0, 0.1) is 5.92 Å². The van der Waals surface area contributed by atoms with Crippen LogP contribution in [0.1, 0.15) is 37.2 Å². The zero-order valence-corrected chi connectivity index (χ0v) is 18.4. The fourth-order valence-corrected chi connectivity index (χ4v) is 3.73. The van der Waals surface area contributed by atoms with Gasteiger partial charge in [-0.1, -0.05) is 38.1 Å².